The van der Waals surface area contributed by atoms with Crippen molar-refractivity contribution in [2.45, 2.75) is 37.6 Å². The highest BCUT2D eigenvalue weighted by atomic mass is 32.2. The van der Waals surface area contributed by atoms with Crippen molar-refractivity contribution in [3.05, 3.63) is 51.9 Å². The average molecular weight is 433 g/mol. The summed E-state index contributed by atoms with van der Waals surface area (Å²) in [7, 11) is -1.93. The zero-order valence-corrected chi connectivity index (χ0v) is 18.2. The Balaban J connectivity index is 1.63. The fraction of sp³-hybridized carbons (Fsp3) is 0.381. The number of benzene rings is 1. The van der Waals surface area contributed by atoms with Gasteiger partial charge in [0.25, 0.3) is 5.91 Å². The maximum Gasteiger partial charge on any atom is 0.265 e. The Labute approximate surface area is 174 Å². The second-order valence-electron chi connectivity index (χ2n) is 7.24. The van der Waals surface area contributed by atoms with E-state index in [0.717, 1.165) is 41.6 Å². The Kier molecular flexibility index (Phi) is 5.50. The number of carbonyl (C=O) groups is 1. The van der Waals surface area contributed by atoms with Crippen LogP contribution >= 0.6 is 11.3 Å². The van der Waals surface area contributed by atoms with Crippen molar-refractivity contribution in [2.24, 2.45) is 0 Å². The van der Waals surface area contributed by atoms with E-state index >= 15 is 0 Å². The first-order valence-corrected chi connectivity index (χ1v) is 12.1. The number of furan rings is 1. The van der Waals surface area contributed by atoms with Crippen LogP contribution in [0.1, 0.15) is 40.8 Å². The Bertz CT molecular complexity index is 1140. The monoisotopic (exact) mass is 432 g/mol. The third-order valence-electron chi connectivity index (χ3n) is 5.35. The van der Waals surface area contributed by atoms with Gasteiger partial charge in [-0.25, -0.2) is 8.42 Å². The van der Waals surface area contributed by atoms with E-state index in [1.54, 1.807) is 23.4 Å². The first-order valence-electron chi connectivity index (χ1n) is 9.76. The molecule has 8 heteroatoms. The largest absolute Gasteiger partial charge is 0.461 e. The Hall–Kier alpha value is -2.16. The number of para-hydroxylation sites is 1. The summed E-state index contributed by atoms with van der Waals surface area (Å²) < 4.78 is 33.4. The maximum absolute atomic E-state index is 13.2. The van der Waals surface area contributed by atoms with E-state index in [4.69, 9.17) is 4.42 Å². The first-order chi connectivity index (χ1) is 13.9. The van der Waals surface area contributed by atoms with Gasteiger partial charge < -0.3 is 9.32 Å². The highest BCUT2D eigenvalue weighted by Gasteiger charge is 2.33. The maximum atomic E-state index is 13.2. The molecule has 0 atom stereocenters. The lowest BCUT2D eigenvalue weighted by Gasteiger charge is -2.19. The third-order valence-corrected chi connectivity index (χ3v) is 8.32. The first kappa shape index (κ1) is 20.1. The van der Waals surface area contributed by atoms with E-state index in [0.29, 0.717) is 19.6 Å². The molecule has 6 nitrogen and oxygen atoms in total. The molecule has 0 saturated carbocycles. The smallest absolute Gasteiger partial charge is 0.265 e. The second kappa shape index (κ2) is 7.93. The fourth-order valence-electron chi connectivity index (χ4n) is 3.81. The molecule has 1 amide bonds. The van der Waals surface area contributed by atoms with Crippen molar-refractivity contribution < 1.29 is 17.6 Å². The number of fused-ring (bicyclic) bond motifs is 1. The molecule has 2 aromatic heterocycles. The van der Waals surface area contributed by atoms with E-state index in [-0.39, 0.29) is 15.7 Å². The molecular weight excluding hydrogens is 408 g/mol. The minimum atomic E-state index is -3.64. The lowest BCUT2D eigenvalue weighted by atomic mass is 10.1. The molecule has 0 bridgehead atoms. The number of amides is 1. The normalized spacial score (nSPS) is 15.2. The van der Waals surface area contributed by atoms with E-state index in [1.807, 2.05) is 31.2 Å². The van der Waals surface area contributed by atoms with Gasteiger partial charge in [-0.3, -0.25) is 4.79 Å². The molecule has 154 valence electrons. The van der Waals surface area contributed by atoms with Gasteiger partial charge >= 0.3 is 0 Å². The number of rotatable bonds is 6. The Morgan fingerprint density at radius 1 is 1.21 bits per heavy atom. The Morgan fingerprint density at radius 2 is 1.93 bits per heavy atom. The van der Waals surface area contributed by atoms with Crippen molar-refractivity contribution in [3.63, 3.8) is 0 Å². The molecule has 1 saturated heterocycles. The predicted molar refractivity (Wildman–Crippen MR) is 114 cm³/mol. The van der Waals surface area contributed by atoms with Crippen molar-refractivity contribution >= 4 is 38.2 Å². The van der Waals surface area contributed by atoms with Crippen LogP contribution in [0.15, 0.2) is 45.0 Å². The van der Waals surface area contributed by atoms with Gasteiger partial charge in [0.05, 0.1) is 0 Å². The predicted octanol–water partition coefficient (Wildman–Crippen LogP) is 4.11. The van der Waals surface area contributed by atoms with Gasteiger partial charge in [-0.15, -0.1) is 11.3 Å². The van der Waals surface area contributed by atoms with Gasteiger partial charge in [0.1, 0.15) is 21.1 Å². The minimum Gasteiger partial charge on any atom is -0.461 e. The molecule has 1 aliphatic rings. The van der Waals surface area contributed by atoms with Gasteiger partial charge in [-0.1, -0.05) is 25.1 Å². The van der Waals surface area contributed by atoms with Gasteiger partial charge in [-0.2, -0.15) is 4.31 Å². The lowest BCUT2D eigenvalue weighted by Crippen LogP contribution is -2.31. The SMILES string of the molecule is CCc1oc2ccccc2c1CN(C)C(=O)c1sccc1S(=O)(=O)N1CCCC1. The van der Waals surface area contributed by atoms with Crippen LogP contribution in [0, 0.1) is 0 Å². The van der Waals surface area contributed by atoms with Gasteiger partial charge in [0, 0.05) is 44.1 Å². The van der Waals surface area contributed by atoms with Crippen molar-refractivity contribution in [2.75, 3.05) is 20.1 Å². The summed E-state index contributed by atoms with van der Waals surface area (Å²) in [5, 5.41) is 2.66. The number of hydrogen-bond donors (Lipinski definition) is 0. The van der Waals surface area contributed by atoms with Crippen molar-refractivity contribution in [3.8, 4) is 0 Å². The number of carbonyl (C=O) groups excluding carboxylic acids is 1. The van der Waals surface area contributed by atoms with Gasteiger partial charge in [0.15, 0.2) is 0 Å². The topological polar surface area (TPSA) is 70.8 Å². The highest BCUT2D eigenvalue weighted by Crippen LogP contribution is 2.31. The molecular formula is C21H24N2O4S2. The molecule has 1 aromatic carbocycles. The van der Waals surface area contributed by atoms with Crippen LogP contribution in [-0.2, 0) is 23.0 Å². The Morgan fingerprint density at radius 3 is 2.66 bits per heavy atom. The number of sulfonamides is 1. The summed E-state index contributed by atoms with van der Waals surface area (Å²) in [6, 6.07) is 9.32. The van der Waals surface area contributed by atoms with Crippen molar-refractivity contribution in [1.29, 1.82) is 0 Å². The highest BCUT2D eigenvalue weighted by molar-refractivity contribution is 7.89. The zero-order valence-electron chi connectivity index (χ0n) is 16.6. The molecule has 1 fully saturated rings. The minimum absolute atomic E-state index is 0.119. The van der Waals surface area contributed by atoms with Crippen LogP contribution < -0.4 is 0 Å². The van der Waals surface area contributed by atoms with Crippen molar-refractivity contribution in [1.82, 2.24) is 9.21 Å². The molecule has 3 aromatic rings. The summed E-state index contributed by atoms with van der Waals surface area (Å²) in [6.45, 7) is 3.41. The van der Waals surface area contributed by atoms with Gasteiger partial charge in [0.2, 0.25) is 10.0 Å². The average Bonchev–Trinajstić information content (AvgIpc) is 3.47. The number of nitrogens with zero attached hydrogens (tertiary/aromatic N) is 2. The summed E-state index contributed by atoms with van der Waals surface area (Å²) in [5.74, 6) is 0.562. The molecule has 0 N–H and O–H groups in total. The van der Waals surface area contributed by atoms with Crippen LogP contribution in [0.4, 0.5) is 0 Å². The number of aryl methyl sites for hydroxylation is 1. The quantitative estimate of drug-likeness (QED) is 0.588. The molecule has 0 spiro atoms. The molecule has 29 heavy (non-hydrogen) atoms. The standard InChI is InChI=1S/C21H24N2O4S2/c1-3-17-16(15-8-4-5-9-18(15)27-17)14-22(2)21(24)20-19(10-13-28-20)29(25,26)23-11-6-7-12-23/h4-5,8-10,13H,3,6-7,11-12,14H2,1-2H3. The summed E-state index contributed by atoms with van der Waals surface area (Å²) in [4.78, 5) is 15.1. The van der Waals surface area contributed by atoms with Crippen LogP contribution in [0.5, 0.6) is 0 Å². The fourth-order valence-corrected chi connectivity index (χ4v) is 6.72. The van der Waals surface area contributed by atoms with E-state index in [1.165, 1.54) is 15.6 Å². The van der Waals surface area contributed by atoms with Gasteiger partial charge in [-0.05, 0) is 30.4 Å². The molecule has 3 heterocycles. The third kappa shape index (κ3) is 3.60. The zero-order chi connectivity index (χ0) is 20.6. The number of thiophene rings is 1. The summed E-state index contributed by atoms with van der Waals surface area (Å²) in [5.41, 5.74) is 1.77. The second-order valence-corrected chi connectivity index (χ2v) is 10.1. The van der Waals surface area contributed by atoms with Crippen LogP contribution in [0.25, 0.3) is 11.0 Å². The molecule has 0 radical (unpaired) electrons. The molecule has 4 rings (SSSR count). The summed E-state index contributed by atoms with van der Waals surface area (Å²) in [6.07, 6.45) is 2.44. The van der Waals surface area contributed by atoms with E-state index in [9.17, 15) is 13.2 Å². The number of hydrogen-bond acceptors (Lipinski definition) is 5. The van der Waals surface area contributed by atoms with Crippen LogP contribution in [-0.4, -0.2) is 43.7 Å². The lowest BCUT2D eigenvalue weighted by molar-refractivity contribution is 0.0786. The van der Waals surface area contributed by atoms with E-state index < -0.39 is 10.0 Å². The van der Waals surface area contributed by atoms with E-state index in [2.05, 4.69) is 0 Å². The summed E-state index contributed by atoms with van der Waals surface area (Å²) >= 11 is 1.18. The molecule has 0 unspecified atom stereocenters. The molecule has 0 aliphatic carbocycles. The van der Waals surface area contributed by atoms with Crippen LogP contribution in [0.2, 0.25) is 0 Å². The molecule has 1 aliphatic heterocycles. The van der Waals surface area contributed by atoms with Crippen LogP contribution in [0.3, 0.4) is 0 Å².